The number of para-hydroxylation sites is 1. The van der Waals surface area contributed by atoms with Crippen LogP contribution in [0.25, 0.3) is 0 Å². The van der Waals surface area contributed by atoms with E-state index in [1.807, 2.05) is 43.5 Å². The molecule has 0 aliphatic carbocycles. The van der Waals surface area contributed by atoms with E-state index in [1.165, 1.54) is 11.8 Å². The summed E-state index contributed by atoms with van der Waals surface area (Å²) in [5.41, 5.74) is -0.670. The van der Waals surface area contributed by atoms with Crippen molar-refractivity contribution in [2.45, 2.75) is 26.2 Å². The van der Waals surface area contributed by atoms with Crippen LogP contribution in [0.3, 0.4) is 0 Å². The molecule has 0 spiro atoms. The molecule has 1 heterocycles. The third-order valence-corrected chi connectivity index (χ3v) is 5.03. The molecule has 138 valence electrons. The number of hydrogen-bond acceptors (Lipinski definition) is 5. The van der Waals surface area contributed by atoms with Crippen LogP contribution in [0.4, 0.5) is 0 Å². The number of nitrogens with zero attached hydrogens (tertiary/aromatic N) is 1. The Bertz CT molecular complexity index is 566. The van der Waals surface area contributed by atoms with Gasteiger partial charge in [-0.1, -0.05) is 18.2 Å². The standard InChI is InChI=1S/C19H27NO4S/c1-3-23-18(22)19(11-13-24-16-8-5-4-6-9-16)10-7-12-20(15-19)17(21)14-25-2/h4-6,8-9H,3,7,10-15H2,1-2H3/t19-/m1/s1. The molecule has 1 atom stereocenters. The van der Waals surface area contributed by atoms with Gasteiger partial charge in [0.1, 0.15) is 5.75 Å². The molecule has 1 fully saturated rings. The number of piperidine rings is 1. The summed E-state index contributed by atoms with van der Waals surface area (Å²) in [5, 5.41) is 0. The summed E-state index contributed by atoms with van der Waals surface area (Å²) in [6.07, 6.45) is 4.00. The second-order valence-electron chi connectivity index (χ2n) is 6.26. The van der Waals surface area contributed by atoms with Crippen LogP contribution < -0.4 is 4.74 Å². The summed E-state index contributed by atoms with van der Waals surface area (Å²) in [5.74, 6) is 1.10. The van der Waals surface area contributed by atoms with Crippen LogP contribution in [-0.2, 0) is 14.3 Å². The van der Waals surface area contributed by atoms with E-state index < -0.39 is 5.41 Å². The van der Waals surface area contributed by atoms with Gasteiger partial charge in [0.05, 0.1) is 24.4 Å². The zero-order valence-electron chi connectivity index (χ0n) is 15.0. The van der Waals surface area contributed by atoms with Crippen molar-refractivity contribution in [1.29, 1.82) is 0 Å². The Hall–Kier alpha value is -1.69. The highest BCUT2D eigenvalue weighted by molar-refractivity contribution is 7.99. The zero-order chi connectivity index (χ0) is 18.1. The molecule has 0 aromatic heterocycles. The summed E-state index contributed by atoms with van der Waals surface area (Å²) >= 11 is 1.51. The molecule has 0 unspecified atom stereocenters. The van der Waals surface area contributed by atoms with Crippen LogP contribution in [0.15, 0.2) is 30.3 Å². The largest absolute Gasteiger partial charge is 0.494 e. The van der Waals surface area contributed by atoms with Gasteiger partial charge < -0.3 is 14.4 Å². The number of thioether (sulfide) groups is 1. The molecule has 0 N–H and O–H groups in total. The van der Waals surface area contributed by atoms with Crippen LogP contribution in [0.1, 0.15) is 26.2 Å². The molecule has 5 nitrogen and oxygen atoms in total. The van der Waals surface area contributed by atoms with E-state index >= 15 is 0 Å². The third-order valence-electron chi connectivity index (χ3n) is 4.50. The van der Waals surface area contributed by atoms with Gasteiger partial charge in [-0.05, 0) is 44.6 Å². The minimum Gasteiger partial charge on any atom is -0.494 e. The number of benzene rings is 1. The Kier molecular flexibility index (Phi) is 7.62. The van der Waals surface area contributed by atoms with Gasteiger partial charge >= 0.3 is 5.97 Å². The number of likely N-dealkylation sites (tertiary alicyclic amines) is 1. The molecular weight excluding hydrogens is 338 g/mol. The fourth-order valence-electron chi connectivity index (χ4n) is 3.20. The van der Waals surface area contributed by atoms with E-state index in [0.717, 1.165) is 18.6 Å². The summed E-state index contributed by atoms with van der Waals surface area (Å²) in [6, 6.07) is 9.56. The fraction of sp³-hybridized carbons (Fsp3) is 0.579. The first-order chi connectivity index (χ1) is 12.1. The average Bonchev–Trinajstić information content (AvgIpc) is 2.63. The van der Waals surface area contributed by atoms with E-state index in [-0.39, 0.29) is 11.9 Å². The number of amides is 1. The van der Waals surface area contributed by atoms with Crippen LogP contribution >= 0.6 is 11.8 Å². The van der Waals surface area contributed by atoms with E-state index in [4.69, 9.17) is 9.47 Å². The molecule has 0 radical (unpaired) electrons. The van der Waals surface area contributed by atoms with Crippen LogP contribution in [0.5, 0.6) is 5.75 Å². The zero-order valence-corrected chi connectivity index (χ0v) is 15.8. The van der Waals surface area contributed by atoms with Gasteiger partial charge in [-0.3, -0.25) is 9.59 Å². The van der Waals surface area contributed by atoms with Gasteiger partial charge in [0.2, 0.25) is 5.91 Å². The maximum atomic E-state index is 12.7. The van der Waals surface area contributed by atoms with Crippen molar-refractivity contribution in [3.05, 3.63) is 30.3 Å². The number of carbonyl (C=O) groups is 2. The molecule has 0 saturated carbocycles. The Morgan fingerprint density at radius 3 is 2.72 bits per heavy atom. The van der Waals surface area contributed by atoms with E-state index in [1.54, 1.807) is 4.90 Å². The molecule has 1 amide bonds. The molecule has 25 heavy (non-hydrogen) atoms. The Balaban J connectivity index is 2.05. The van der Waals surface area contributed by atoms with Crippen molar-refractivity contribution < 1.29 is 19.1 Å². The third kappa shape index (κ3) is 5.39. The monoisotopic (exact) mass is 365 g/mol. The first-order valence-corrected chi connectivity index (χ1v) is 10.1. The SMILES string of the molecule is CCOC(=O)[C@@]1(CCOc2ccccc2)CCCN(C(=O)CSC)C1. The number of ether oxygens (including phenoxy) is 2. The lowest BCUT2D eigenvalue weighted by molar-refractivity contribution is -0.161. The van der Waals surface area contributed by atoms with Crippen molar-refractivity contribution >= 4 is 23.6 Å². The molecule has 1 aliphatic rings. The van der Waals surface area contributed by atoms with Crippen molar-refractivity contribution in [3.63, 3.8) is 0 Å². The highest BCUT2D eigenvalue weighted by atomic mass is 32.2. The van der Waals surface area contributed by atoms with Gasteiger partial charge in [-0.15, -0.1) is 0 Å². The second kappa shape index (κ2) is 9.70. The minimum absolute atomic E-state index is 0.0878. The topological polar surface area (TPSA) is 55.8 Å². The van der Waals surface area contributed by atoms with E-state index in [9.17, 15) is 9.59 Å². The predicted octanol–water partition coefficient (Wildman–Crippen LogP) is 2.99. The Morgan fingerprint density at radius 2 is 2.04 bits per heavy atom. The lowest BCUT2D eigenvalue weighted by Crippen LogP contribution is -2.51. The van der Waals surface area contributed by atoms with Crippen LogP contribution in [-0.4, -0.2) is 55.1 Å². The lowest BCUT2D eigenvalue weighted by Gasteiger charge is -2.41. The molecule has 1 aromatic carbocycles. The molecule has 1 aliphatic heterocycles. The number of esters is 1. The van der Waals surface area contributed by atoms with Gasteiger partial charge in [0.25, 0.3) is 0 Å². The molecule has 0 bridgehead atoms. The van der Waals surface area contributed by atoms with E-state index in [0.29, 0.717) is 38.5 Å². The van der Waals surface area contributed by atoms with Gasteiger partial charge in [-0.2, -0.15) is 11.8 Å². The van der Waals surface area contributed by atoms with Crippen molar-refractivity contribution in [2.24, 2.45) is 5.41 Å². The Labute approximate surface area is 154 Å². The predicted molar refractivity (Wildman–Crippen MR) is 99.8 cm³/mol. The average molecular weight is 365 g/mol. The van der Waals surface area contributed by atoms with E-state index in [2.05, 4.69) is 0 Å². The molecule has 1 saturated heterocycles. The molecule has 2 rings (SSSR count). The number of hydrogen-bond donors (Lipinski definition) is 0. The minimum atomic E-state index is -0.670. The summed E-state index contributed by atoms with van der Waals surface area (Å²) in [6.45, 7) is 3.71. The molecule has 6 heteroatoms. The summed E-state index contributed by atoms with van der Waals surface area (Å²) in [7, 11) is 0. The summed E-state index contributed by atoms with van der Waals surface area (Å²) < 4.78 is 11.1. The first-order valence-electron chi connectivity index (χ1n) is 8.73. The molecule has 1 aromatic rings. The quantitative estimate of drug-likeness (QED) is 0.663. The molecular formula is C19H27NO4S. The second-order valence-corrected chi connectivity index (χ2v) is 7.13. The van der Waals surface area contributed by atoms with Crippen molar-refractivity contribution in [3.8, 4) is 5.75 Å². The first kappa shape index (κ1) is 19.6. The lowest BCUT2D eigenvalue weighted by atomic mass is 9.77. The number of rotatable bonds is 8. The maximum Gasteiger partial charge on any atom is 0.314 e. The van der Waals surface area contributed by atoms with Gasteiger partial charge in [-0.25, -0.2) is 0 Å². The maximum absolute atomic E-state index is 12.7. The highest BCUT2D eigenvalue weighted by Crippen LogP contribution is 2.35. The fourth-order valence-corrected chi connectivity index (χ4v) is 3.63. The highest BCUT2D eigenvalue weighted by Gasteiger charge is 2.44. The van der Waals surface area contributed by atoms with Crippen LogP contribution in [0.2, 0.25) is 0 Å². The normalized spacial score (nSPS) is 20.2. The van der Waals surface area contributed by atoms with Crippen molar-refractivity contribution in [1.82, 2.24) is 4.90 Å². The summed E-state index contributed by atoms with van der Waals surface area (Å²) in [4.78, 5) is 26.8. The van der Waals surface area contributed by atoms with Gasteiger partial charge in [0.15, 0.2) is 0 Å². The van der Waals surface area contributed by atoms with Crippen LogP contribution in [0, 0.1) is 5.41 Å². The Morgan fingerprint density at radius 1 is 1.28 bits per heavy atom. The van der Waals surface area contributed by atoms with Crippen molar-refractivity contribution in [2.75, 3.05) is 38.3 Å². The van der Waals surface area contributed by atoms with Gasteiger partial charge in [0, 0.05) is 13.1 Å². The smallest absolute Gasteiger partial charge is 0.314 e. The number of carbonyl (C=O) groups excluding carboxylic acids is 2.